The molecule has 7 nitrogen and oxygen atoms in total. The molecule has 4 atom stereocenters. The van der Waals surface area contributed by atoms with Crippen molar-refractivity contribution in [2.24, 2.45) is 17.3 Å². The van der Waals surface area contributed by atoms with Crippen LogP contribution in [0, 0.1) is 17.3 Å². The minimum atomic E-state index is -0.352. The molecule has 0 saturated carbocycles. The fourth-order valence-corrected chi connectivity index (χ4v) is 4.02. The maximum absolute atomic E-state index is 11.9. The molecule has 2 aromatic rings. The van der Waals surface area contributed by atoms with Crippen molar-refractivity contribution in [2.45, 2.75) is 99.5 Å². The van der Waals surface area contributed by atoms with E-state index < -0.39 is 0 Å². The number of hydrogen-bond acceptors (Lipinski definition) is 6. The van der Waals surface area contributed by atoms with Crippen molar-refractivity contribution in [3.05, 3.63) is 59.7 Å². The first-order valence-corrected chi connectivity index (χ1v) is 15.1. The number of imide groups is 1. The second-order valence-corrected chi connectivity index (χ2v) is 13.1. The number of anilines is 1. The van der Waals surface area contributed by atoms with Crippen LogP contribution in [0.15, 0.2) is 48.5 Å². The van der Waals surface area contributed by atoms with Gasteiger partial charge in [-0.15, -0.1) is 0 Å². The largest absolute Gasteiger partial charge is 0.508 e. The highest BCUT2D eigenvalue weighted by Gasteiger charge is 2.43. The number of rotatable bonds is 7. The van der Waals surface area contributed by atoms with Gasteiger partial charge in [0.05, 0.1) is 17.7 Å². The number of benzene rings is 2. The second kappa shape index (κ2) is 14.8. The molecule has 2 amide bonds. The Hall–Kier alpha value is -3.19. The van der Waals surface area contributed by atoms with E-state index in [-0.39, 0.29) is 52.3 Å². The van der Waals surface area contributed by atoms with Gasteiger partial charge in [0, 0.05) is 11.8 Å². The van der Waals surface area contributed by atoms with Crippen LogP contribution >= 0.6 is 0 Å². The molecule has 2 saturated heterocycles. The van der Waals surface area contributed by atoms with Crippen molar-refractivity contribution in [2.75, 3.05) is 18.1 Å². The summed E-state index contributed by atoms with van der Waals surface area (Å²) in [7, 11) is 0. The molecule has 0 radical (unpaired) electrons. The highest BCUT2D eigenvalue weighted by molar-refractivity contribution is 6.21. The Bertz CT molecular complexity index is 1160. The standard InChI is InChI=1S/C14H22.C12H13NO3.C9H16O3/c1-6-11(2)12-7-9-13(10-8-12)14(3,4)5;1-7-8(2)12(16)13(11(7)15)9-3-5-10(14)6-4-9;1-4-9(2,3)8(10)12-6-7-5-11-7/h7-11H,6H2,1-5H3;3-8,14H,1-2H3;7H,4-6H2,1-3H3. The number of carbonyl (C=O) groups excluding carboxylic acids is 3. The normalized spacial score (nSPS) is 20.6. The van der Waals surface area contributed by atoms with E-state index in [4.69, 9.17) is 14.6 Å². The van der Waals surface area contributed by atoms with Crippen molar-refractivity contribution in [3.63, 3.8) is 0 Å². The average molecular weight is 582 g/mol. The lowest BCUT2D eigenvalue weighted by Gasteiger charge is -2.20. The summed E-state index contributed by atoms with van der Waals surface area (Å²) in [6, 6.07) is 15.1. The smallest absolute Gasteiger partial charge is 0.311 e. The molecule has 2 aliphatic rings. The molecule has 0 aromatic heterocycles. The van der Waals surface area contributed by atoms with Crippen molar-refractivity contribution in [1.82, 2.24) is 0 Å². The van der Waals surface area contributed by atoms with Gasteiger partial charge in [-0.3, -0.25) is 19.3 Å². The summed E-state index contributed by atoms with van der Waals surface area (Å²) in [5.41, 5.74) is 3.32. The van der Waals surface area contributed by atoms with E-state index >= 15 is 0 Å². The first-order valence-electron chi connectivity index (χ1n) is 15.1. The van der Waals surface area contributed by atoms with Gasteiger partial charge in [-0.1, -0.05) is 79.7 Å². The zero-order valence-corrected chi connectivity index (χ0v) is 27.2. The first kappa shape index (κ1) is 35.0. The predicted molar refractivity (Wildman–Crippen MR) is 168 cm³/mol. The SMILES string of the molecule is CC1C(=O)N(c2ccc(O)cc2)C(=O)C1C.CCC(C)(C)C(=O)OCC1CO1.CCC(C)c1ccc(C(C)(C)C)cc1. The van der Waals surface area contributed by atoms with Gasteiger partial charge in [-0.25, -0.2) is 0 Å². The summed E-state index contributed by atoms with van der Waals surface area (Å²) < 4.78 is 9.99. The summed E-state index contributed by atoms with van der Waals surface area (Å²) in [6.07, 6.45) is 2.19. The van der Waals surface area contributed by atoms with Crippen LogP contribution in [0.4, 0.5) is 5.69 Å². The van der Waals surface area contributed by atoms with E-state index in [1.807, 2.05) is 20.8 Å². The summed E-state index contributed by atoms with van der Waals surface area (Å²) >= 11 is 0. The third-order valence-electron chi connectivity index (χ3n) is 8.28. The maximum Gasteiger partial charge on any atom is 0.311 e. The third kappa shape index (κ3) is 9.69. The van der Waals surface area contributed by atoms with E-state index in [2.05, 4.69) is 58.9 Å². The first-order chi connectivity index (χ1) is 19.5. The molecule has 1 N–H and O–H groups in total. The Labute approximate surface area is 252 Å². The lowest BCUT2D eigenvalue weighted by atomic mass is 9.85. The van der Waals surface area contributed by atoms with E-state index in [0.717, 1.165) is 13.0 Å². The van der Waals surface area contributed by atoms with Crippen LogP contribution in [0.25, 0.3) is 0 Å². The molecule has 2 fully saturated rings. The summed E-state index contributed by atoms with van der Waals surface area (Å²) in [6.45, 7) is 21.7. The second-order valence-electron chi connectivity index (χ2n) is 13.1. The molecule has 0 bridgehead atoms. The average Bonchev–Trinajstić information content (AvgIpc) is 3.77. The van der Waals surface area contributed by atoms with Crippen molar-refractivity contribution < 1.29 is 29.0 Å². The molecule has 232 valence electrons. The topological polar surface area (TPSA) is 96.4 Å². The maximum atomic E-state index is 11.9. The van der Waals surface area contributed by atoms with Gasteiger partial charge in [0.1, 0.15) is 18.5 Å². The number of esters is 1. The highest BCUT2D eigenvalue weighted by Crippen LogP contribution is 2.31. The van der Waals surface area contributed by atoms with E-state index in [9.17, 15) is 14.4 Å². The van der Waals surface area contributed by atoms with Gasteiger partial charge in [0.25, 0.3) is 0 Å². The van der Waals surface area contributed by atoms with Gasteiger partial charge in [-0.05, 0) is 73.4 Å². The van der Waals surface area contributed by atoms with Crippen LogP contribution in [-0.2, 0) is 29.3 Å². The monoisotopic (exact) mass is 581 g/mol. The number of epoxide rings is 1. The van der Waals surface area contributed by atoms with E-state index in [1.165, 1.54) is 34.6 Å². The molecule has 42 heavy (non-hydrogen) atoms. The lowest BCUT2D eigenvalue weighted by Crippen LogP contribution is -2.30. The number of carbonyl (C=O) groups is 3. The molecular weight excluding hydrogens is 530 g/mol. The predicted octanol–water partition coefficient (Wildman–Crippen LogP) is 7.40. The minimum absolute atomic E-state index is 0.115. The van der Waals surface area contributed by atoms with E-state index in [0.29, 0.717) is 18.2 Å². The molecule has 2 aromatic carbocycles. The van der Waals surface area contributed by atoms with Crippen molar-refractivity contribution in [1.29, 1.82) is 0 Å². The Morgan fingerprint density at radius 1 is 0.952 bits per heavy atom. The van der Waals surface area contributed by atoms with Crippen LogP contribution in [0.5, 0.6) is 5.75 Å². The van der Waals surface area contributed by atoms with Gasteiger partial charge in [0.15, 0.2) is 0 Å². The molecule has 2 aliphatic heterocycles. The fraction of sp³-hybridized carbons (Fsp3) is 0.571. The zero-order chi connectivity index (χ0) is 31.8. The van der Waals surface area contributed by atoms with Gasteiger partial charge < -0.3 is 14.6 Å². The number of nitrogens with zero attached hydrogens (tertiary/aromatic N) is 1. The molecule has 2 heterocycles. The third-order valence-corrected chi connectivity index (χ3v) is 8.28. The number of hydrogen-bond donors (Lipinski definition) is 1. The van der Waals surface area contributed by atoms with Crippen LogP contribution < -0.4 is 4.90 Å². The quantitative estimate of drug-likeness (QED) is 0.208. The van der Waals surface area contributed by atoms with Gasteiger partial charge >= 0.3 is 5.97 Å². The molecule has 0 spiro atoms. The highest BCUT2D eigenvalue weighted by atomic mass is 16.6. The fourth-order valence-electron chi connectivity index (χ4n) is 4.02. The summed E-state index contributed by atoms with van der Waals surface area (Å²) in [5, 5.41) is 9.15. The van der Waals surface area contributed by atoms with Crippen LogP contribution in [0.1, 0.15) is 99.1 Å². The molecular formula is C35H51NO6. The Morgan fingerprint density at radius 2 is 1.45 bits per heavy atom. The summed E-state index contributed by atoms with van der Waals surface area (Å²) in [4.78, 5) is 36.2. The number of ether oxygens (including phenoxy) is 2. The van der Waals surface area contributed by atoms with Gasteiger partial charge in [0.2, 0.25) is 11.8 Å². The van der Waals surface area contributed by atoms with E-state index in [1.54, 1.807) is 26.0 Å². The Kier molecular flexibility index (Phi) is 12.3. The van der Waals surface area contributed by atoms with Crippen LogP contribution in [0.3, 0.4) is 0 Å². The molecule has 0 aliphatic carbocycles. The minimum Gasteiger partial charge on any atom is -0.508 e. The Morgan fingerprint density at radius 3 is 1.86 bits per heavy atom. The number of phenols is 1. The van der Waals surface area contributed by atoms with Crippen LogP contribution in [0.2, 0.25) is 0 Å². The number of amides is 2. The molecule has 4 rings (SSSR count). The number of phenolic OH excluding ortho intramolecular Hbond substituents is 1. The molecule has 4 unspecified atom stereocenters. The lowest BCUT2D eigenvalue weighted by molar-refractivity contribution is -0.154. The summed E-state index contributed by atoms with van der Waals surface area (Å²) in [5.74, 6) is -0.234. The number of aromatic hydroxyl groups is 1. The van der Waals surface area contributed by atoms with Crippen molar-refractivity contribution >= 4 is 23.5 Å². The Balaban J connectivity index is 0.000000223. The zero-order valence-electron chi connectivity index (χ0n) is 27.2. The van der Waals surface area contributed by atoms with Crippen molar-refractivity contribution in [3.8, 4) is 5.75 Å². The molecule has 7 heteroatoms. The van der Waals surface area contributed by atoms with Gasteiger partial charge in [-0.2, -0.15) is 0 Å². The van der Waals surface area contributed by atoms with Crippen LogP contribution in [-0.4, -0.2) is 42.2 Å².